The molecular formula is C22H35FN4O2. The lowest BCUT2D eigenvalue weighted by Crippen LogP contribution is -2.42. The third kappa shape index (κ3) is 8.40. The van der Waals surface area contributed by atoms with E-state index in [1.165, 1.54) is 37.8 Å². The molecule has 0 heterocycles. The van der Waals surface area contributed by atoms with E-state index in [4.69, 9.17) is 9.73 Å². The van der Waals surface area contributed by atoms with Gasteiger partial charge in [0.15, 0.2) is 5.96 Å². The molecule has 1 amide bonds. The van der Waals surface area contributed by atoms with Crippen molar-refractivity contribution in [3.63, 3.8) is 0 Å². The molecule has 0 spiro atoms. The monoisotopic (exact) mass is 406 g/mol. The normalized spacial score (nSPS) is 15.9. The van der Waals surface area contributed by atoms with Crippen LogP contribution in [-0.2, 0) is 16.0 Å². The first-order valence-electron chi connectivity index (χ1n) is 10.6. The van der Waals surface area contributed by atoms with Crippen molar-refractivity contribution >= 4 is 11.9 Å². The highest BCUT2D eigenvalue weighted by molar-refractivity contribution is 5.80. The van der Waals surface area contributed by atoms with Crippen LogP contribution >= 0.6 is 0 Å². The van der Waals surface area contributed by atoms with E-state index in [9.17, 15) is 9.18 Å². The van der Waals surface area contributed by atoms with Crippen molar-refractivity contribution in [3.8, 4) is 0 Å². The van der Waals surface area contributed by atoms with E-state index in [0.29, 0.717) is 18.7 Å². The Morgan fingerprint density at radius 1 is 1.21 bits per heavy atom. The molecule has 1 aliphatic rings. The summed E-state index contributed by atoms with van der Waals surface area (Å²) in [6, 6.07) is 6.12. The first kappa shape index (κ1) is 23.1. The van der Waals surface area contributed by atoms with E-state index in [0.717, 1.165) is 32.1 Å². The molecule has 1 fully saturated rings. The van der Waals surface area contributed by atoms with Gasteiger partial charge in [0.1, 0.15) is 5.82 Å². The fraction of sp³-hybridized carbons (Fsp3) is 0.636. The average Bonchev–Trinajstić information content (AvgIpc) is 3.17. The Kier molecular flexibility index (Phi) is 9.91. The van der Waals surface area contributed by atoms with Gasteiger partial charge in [-0.15, -0.1) is 0 Å². The number of benzene rings is 1. The summed E-state index contributed by atoms with van der Waals surface area (Å²) < 4.78 is 18.5. The van der Waals surface area contributed by atoms with Crippen molar-refractivity contribution < 1.29 is 13.9 Å². The number of amides is 1. The van der Waals surface area contributed by atoms with E-state index >= 15 is 0 Å². The highest BCUT2D eigenvalue weighted by Crippen LogP contribution is 2.41. The molecule has 0 aliphatic heterocycles. The van der Waals surface area contributed by atoms with Crippen LogP contribution < -0.4 is 16.0 Å². The molecule has 6 nitrogen and oxygen atoms in total. The third-order valence-corrected chi connectivity index (χ3v) is 5.41. The summed E-state index contributed by atoms with van der Waals surface area (Å²) in [5.41, 5.74) is 0.917. The molecule has 7 heteroatoms. The number of methoxy groups -OCH3 is 1. The van der Waals surface area contributed by atoms with Gasteiger partial charge >= 0.3 is 0 Å². The maximum absolute atomic E-state index is 13.2. The number of halogens is 1. The van der Waals surface area contributed by atoms with Gasteiger partial charge in [-0.25, -0.2) is 4.39 Å². The zero-order chi connectivity index (χ0) is 21.0. The first-order valence-corrected chi connectivity index (χ1v) is 10.6. The van der Waals surface area contributed by atoms with Crippen LogP contribution in [-0.4, -0.2) is 51.8 Å². The Morgan fingerprint density at radius 2 is 1.97 bits per heavy atom. The van der Waals surface area contributed by atoms with Crippen LogP contribution in [0.4, 0.5) is 4.39 Å². The highest BCUT2D eigenvalue weighted by atomic mass is 19.1. The fourth-order valence-corrected chi connectivity index (χ4v) is 3.80. The summed E-state index contributed by atoms with van der Waals surface area (Å²) in [5.74, 6) is 0.327. The lowest BCUT2D eigenvalue weighted by molar-refractivity contribution is -0.120. The Bertz CT molecular complexity index is 660. The second-order valence-electron chi connectivity index (χ2n) is 7.73. The highest BCUT2D eigenvalue weighted by Gasteiger charge is 2.33. The minimum atomic E-state index is -0.325. The molecule has 3 N–H and O–H groups in total. The predicted molar refractivity (Wildman–Crippen MR) is 114 cm³/mol. The van der Waals surface area contributed by atoms with Gasteiger partial charge in [-0.3, -0.25) is 9.79 Å². The maximum Gasteiger partial charge on any atom is 0.224 e. The van der Waals surface area contributed by atoms with Crippen LogP contribution in [0, 0.1) is 11.2 Å². The zero-order valence-electron chi connectivity index (χ0n) is 17.7. The number of carbonyl (C=O) groups excluding carboxylic acids is 1. The molecule has 162 valence electrons. The molecule has 0 unspecified atom stereocenters. The van der Waals surface area contributed by atoms with Crippen molar-refractivity contribution in [3.05, 3.63) is 35.6 Å². The molecule has 0 radical (unpaired) electrons. The molecular weight excluding hydrogens is 371 g/mol. The van der Waals surface area contributed by atoms with Crippen LogP contribution in [0.15, 0.2) is 29.3 Å². The molecule has 1 aromatic rings. The predicted octanol–water partition coefficient (Wildman–Crippen LogP) is 2.64. The van der Waals surface area contributed by atoms with E-state index in [-0.39, 0.29) is 23.6 Å². The van der Waals surface area contributed by atoms with Gasteiger partial charge in [-0.2, -0.15) is 0 Å². The largest absolute Gasteiger partial charge is 0.385 e. The van der Waals surface area contributed by atoms with Gasteiger partial charge in [0.05, 0.1) is 6.42 Å². The third-order valence-electron chi connectivity index (χ3n) is 5.41. The second kappa shape index (κ2) is 12.4. The van der Waals surface area contributed by atoms with E-state index < -0.39 is 0 Å². The minimum Gasteiger partial charge on any atom is -0.385 e. The maximum atomic E-state index is 13.2. The van der Waals surface area contributed by atoms with Crippen LogP contribution in [0.5, 0.6) is 0 Å². The summed E-state index contributed by atoms with van der Waals surface area (Å²) in [6.45, 7) is 5.44. The molecule has 2 rings (SSSR count). The van der Waals surface area contributed by atoms with Gasteiger partial charge < -0.3 is 20.7 Å². The number of aliphatic imine (C=N–C) groups is 1. The average molecular weight is 407 g/mol. The van der Waals surface area contributed by atoms with Gasteiger partial charge in [-0.1, -0.05) is 25.0 Å². The SMILES string of the molecule is CCNC(=NCC1(CCOC)CCCC1)NCCNC(=O)Cc1cccc(F)c1. The molecule has 1 aromatic carbocycles. The van der Waals surface area contributed by atoms with E-state index in [2.05, 4.69) is 16.0 Å². The Morgan fingerprint density at radius 3 is 2.66 bits per heavy atom. The van der Waals surface area contributed by atoms with Gasteiger partial charge in [0, 0.05) is 39.9 Å². The van der Waals surface area contributed by atoms with Gasteiger partial charge in [-0.05, 0) is 49.3 Å². The summed E-state index contributed by atoms with van der Waals surface area (Å²) in [7, 11) is 1.75. The molecule has 0 saturated heterocycles. The minimum absolute atomic E-state index is 0.121. The number of guanidine groups is 1. The number of nitrogens with one attached hydrogen (secondary N) is 3. The first-order chi connectivity index (χ1) is 14.1. The molecule has 0 bridgehead atoms. The summed E-state index contributed by atoms with van der Waals surface area (Å²) in [4.78, 5) is 16.8. The standard InChI is InChI=1S/C22H35FN4O2/c1-3-24-21(27-17-22(11-14-29-2)9-4-5-10-22)26-13-12-25-20(28)16-18-7-6-8-19(23)15-18/h6-8,15H,3-5,9-14,16-17H2,1-2H3,(H,25,28)(H2,24,26,27). The molecule has 0 atom stereocenters. The second-order valence-corrected chi connectivity index (χ2v) is 7.73. The number of carbonyl (C=O) groups is 1. The van der Waals surface area contributed by atoms with Crippen molar-refractivity contribution in [2.24, 2.45) is 10.4 Å². The summed E-state index contributed by atoms with van der Waals surface area (Å²) >= 11 is 0. The number of hydrogen-bond acceptors (Lipinski definition) is 3. The van der Waals surface area contributed by atoms with E-state index in [1.54, 1.807) is 19.2 Å². The van der Waals surface area contributed by atoms with Crippen LogP contribution in [0.1, 0.15) is 44.6 Å². The van der Waals surface area contributed by atoms with Crippen molar-refractivity contribution in [1.29, 1.82) is 0 Å². The lowest BCUT2D eigenvalue weighted by Gasteiger charge is -2.27. The van der Waals surface area contributed by atoms with Crippen molar-refractivity contribution in [2.75, 3.05) is 39.9 Å². The lowest BCUT2D eigenvalue weighted by atomic mass is 9.83. The Hall–Kier alpha value is -2.15. The zero-order valence-corrected chi connectivity index (χ0v) is 17.7. The topological polar surface area (TPSA) is 74.8 Å². The van der Waals surface area contributed by atoms with Gasteiger partial charge in [0.2, 0.25) is 5.91 Å². The number of nitrogens with zero attached hydrogens (tertiary/aromatic N) is 1. The molecule has 1 aliphatic carbocycles. The molecule has 0 aromatic heterocycles. The fourth-order valence-electron chi connectivity index (χ4n) is 3.80. The van der Waals surface area contributed by atoms with Gasteiger partial charge in [0.25, 0.3) is 0 Å². The molecule has 29 heavy (non-hydrogen) atoms. The number of rotatable bonds is 11. The molecule has 1 saturated carbocycles. The van der Waals surface area contributed by atoms with E-state index in [1.807, 2.05) is 6.92 Å². The van der Waals surface area contributed by atoms with Crippen molar-refractivity contribution in [2.45, 2.75) is 45.4 Å². The van der Waals surface area contributed by atoms with Crippen LogP contribution in [0.25, 0.3) is 0 Å². The summed E-state index contributed by atoms with van der Waals surface area (Å²) in [5, 5.41) is 9.40. The smallest absolute Gasteiger partial charge is 0.224 e. The quantitative estimate of drug-likeness (QED) is 0.300. The number of hydrogen-bond donors (Lipinski definition) is 3. The number of ether oxygens (including phenoxy) is 1. The summed E-state index contributed by atoms with van der Waals surface area (Å²) in [6.07, 6.45) is 6.16. The Labute approximate surface area is 173 Å². The Balaban J connectivity index is 1.76. The van der Waals surface area contributed by atoms with Crippen molar-refractivity contribution in [1.82, 2.24) is 16.0 Å². The van der Waals surface area contributed by atoms with Crippen LogP contribution in [0.3, 0.4) is 0 Å². The van der Waals surface area contributed by atoms with Crippen LogP contribution in [0.2, 0.25) is 0 Å².